The van der Waals surface area contributed by atoms with E-state index in [4.69, 9.17) is 0 Å². The lowest BCUT2D eigenvalue weighted by Gasteiger charge is -2.11. The summed E-state index contributed by atoms with van der Waals surface area (Å²) >= 11 is 2.94. The van der Waals surface area contributed by atoms with Gasteiger partial charge in [-0.05, 0) is 39.4 Å². The fourth-order valence-corrected chi connectivity index (χ4v) is 3.72. The summed E-state index contributed by atoms with van der Waals surface area (Å²) in [5, 5.41) is 18.6. The summed E-state index contributed by atoms with van der Waals surface area (Å²) in [6.07, 6.45) is -0.671. The Morgan fingerprint density at radius 1 is 1.14 bits per heavy atom. The molecule has 3 rings (SSSR count). The molecule has 2 heterocycles. The summed E-state index contributed by atoms with van der Waals surface area (Å²) in [5.41, 5.74) is 2.78. The number of carbonyl (C=O) groups excluding carboxylic acids is 1. The molecule has 0 fully saturated rings. The van der Waals surface area contributed by atoms with Crippen molar-refractivity contribution in [3.8, 4) is 11.1 Å². The lowest BCUT2D eigenvalue weighted by molar-refractivity contribution is 0.0921. The van der Waals surface area contributed by atoms with Gasteiger partial charge in [0.1, 0.15) is 0 Å². The summed E-state index contributed by atoms with van der Waals surface area (Å²) in [5.74, 6) is -0.150. The molecule has 2 N–H and O–H groups in total. The van der Waals surface area contributed by atoms with Crippen molar-refractivity contribution < 1.29 is 9.90 Å². The number of carbonyl (C=O) groups is 1. The number of thiophene rings is 2. The van der Waals surface area contributed by atoms with Gasteiger partial charge in [0.2, 0.25) is 0 Å². The molecular weight excluding hydrogens is 314 g/mol. The van der Waals surface area contributed by atoms with Gasteiger partial charge in [0.05, 0.1) is 11.0 Å². The molecule has 1 atom stereocenters. The Hall–Kier alpha value is -1.95. The molecule has 0 radical (unpaired) electrons. The molecule has 0 bridgehead atoms. The third kappa shape index (κ3) is 3.27. The summed E-state index contributed by atoms with van der Waals surface area (Å²) in [4.78, 5) is 13.0. The second kappa shape index (κ2) is 6.87. The van der Waals surface area contributed by atoms with Gasteiger partial charge in [-0.3, -0.25) is 4.79 Å². The molecule has 1 amide bonds. The molecule has 1 aromatic carbocycles. The highest BCUT2D eigenvalue weighted by atomic mass is 32.1. The number of nitrogens with one attached hydrogen (secondary N) is 1. The van der Waals surface area contributed by atoms with Crippen LogP contribution in [0.4, 0.5) is 0 Å². The largest absolute Gasteiger partial charge is 0.387 e. The van der Waals surface area contributed by atoms with Crippen LogP contribution in [0.2, 0.25) is 0 Å². The third-order valence-electron chi connectivity index (χ3n) is 3.34. The van der Waals surface area contributed by atoms with E-state index in [9.17, 15) is 9.90 Å². The Bertz CT molecular complexity index is 735. The monoisotopic (exact) mass is 329 g/mol. The topological polar surface area (TPSA) is 49.3 Å². The van der Waals surface area contributed by atoms with Crippen LogP contribution in [0.15, 0.2) is 58.6 Å². The summed E-state index contributed by atoms with van der Waals surface area (Å²) in [6.45, 7) is 0.210. The van der Waals surface area contributed by atoms with E-state index >= 15 is 0 Å². The number of amides is 1. The van der Waals surface area contributed by atoms with Crippen molar-refractivity contribution in [3.05, 3.63) is 69.0 Å². The Morgan fingerprint density at radius 3 is 2.68 bits per heavy atom. The van der Waals surface area contributed by atoms with Crippen LogP contribution in [0.1, 0.15) is 21.3 Å². The molecule has 0 aliphatic heterocycles. The molecular formula is C17H15NO2S2. The molecule has 0 spiro atoms. The van der Waals surface area contributed by atoms with E-state index in [-0.39, 0.29) is 12.5 Å². The summed E-state index contributed by atoms with van der Waals surface area (Å²) < 4.78 is 0. The van der Waals surface area contributed by atoms with Gasteiger partial charge in [0.15, 0.2) is 0 Å². The standard InChI is InChI=1S/C17H15NO2S2/c19-15(13-6-8-21-11-13)10-18-17(20)16-14(7-9-22-16)12-4-2-1-3-5-12/h1-9,11,15,19H,10H2,(H,18,20). The number of aliphatic hydroxyl groups is 1. The van der Waals surface area contributed by atoms with Gasteiger partial charge in [-0.15, -0.1) is 11.3 Å². The molecule has 112 valence electrons. The molecule has 2 aromatic heterocycles. The fraction of sp³-hybridized carbons (Fsp3) is 0.118. The number of hydrogen-bond donors (Lipinski definition) is 2. The molecule has 3 nitrogen and oxygen atoms in total. The Balaban J connectivity index is 1.70. The average Bonchev–Trinajstić information content (AvgIpc) is 3.24. The van der Waals surface area contributed by atoms with Crippen molar-refractivity contribution in [1.82, 2.24) is 5.32 Å². The first kappa shape index (κ1) is 15.0. The second-order valence-corrected chi connectivity index (χ2v) is 6.51. The highest BCUT2D eigenvalue weighted by molar-refractivity contribution is 7.12. The van der Waals surface area contributed by atoms with Gasteiger partial charge in [-0.2, -0.15) is 11.3 Å². The van der Waals surface area contributed by atoms with Gasteiger partial charge in [0.25, 0.3) is 5.91 Å². The molecule has 22 heavy (non-hydrogen) atoms. The zero-order valence-electron chi connectivity index (χ0n) is 11.7. The minimum absolute atomic E-state index is 0.150. The Kier molecular flexibility index (Phi) is 4.68. The Labute approximate surface area is 136 Å². The minimum atomic E-state index is -0.671. The molecule has 5 heteroatoms. The lowest BCUT2D eigenvalue weighted by Crippen LogP contribution is -2.27. The van der Waals surface area contributed by atoms with E-state index in [1.54, 1.807) is 0 Å². The molecule has 0 aliphatic rings. The maximum atomic E-state index is 12.4. The van der Waals surface area contributed by atoms with Crippen LogP contribution in [0.25, 0.3) is 11.1 Å². The van der Waals surface area contributed by atoms with Crippen LogP contribution in [-0.4, -0.2) is 17.6 Å². The normalized spacial score (nSPS) is 12.0. The molecule has 0 saturated carbocycles. The highest BCUT2D eigenvalue weighted by Gasteiger charge is 2.16. The Morgan fingerprint density at radius 2 is 1.95 bits per heavy atom. The maximum absolute atomic E-state index is 12.4. The number of hydrogen-bond acceptors (Lipinski definition) is 4. The number of aliphatic hydroxyl groups excluding tert-OH is 1. The van der Waals surface area contributed by atoms with Gasteiger partial charge in [-0.25, -0.2) is 0 Å². The fourth-order valence-electron chi connectivity index (χ4n) is 2.18. The van der Waals surface area contributed by atoms with Gasteiger partial charge < -0.3 is 10.4 Å². The van der Waals surface area contributed by atoms with E-state index in [1.807, 2.05) is 58.6 Å². The highest BCUT2D eigenvalue weighted by Crippen LogP contribution is 2.28. The van der Waals surface area contributed by atoms with E-state index in [0.29, 0.717) is 4.88 Å². The SMILES string of the molecule is O=C(NCC(O)c1ccsc1)c1sccc1-c1ccccc1. The molecule has 0 saturated heterocycles. The van der Waals surface area contributed by atoms with E-state index in [1.165, 1.54) is 22.7 Å². The van der Waals surface area contributed by atoms with Crippen molar-refractivity contribution in [2.24, 2.45) is 0 Å². The zero-order chi connectivity index (χ0) is 15.4. The van der Waals surface area contributed by atoms with Crippen LogP contribution in [0.5, 0.6) is 0 Å². The van der Waals surface area contributed by atoms with Gasteiger partial charge in [-0.1, -0.05) is 30.3 Å². The van der Waals surface area contributed by atoms with Crippen molar-refractivity contribution >= 4 is 28.6 Å². The third-order valence-corrected chi connectivity index (χ3v) is 4.95. The van der Waals surface area contributed by atoms with Crippen LogP contribution >= 0.6 is 22.7 Å². The maximum Gasteiger partial charge on any atom is 0.262 e. The smallest absolute Gasteiger partial charge is 0.262 e. The summed E-state index contributed by atoms with van der Waals surface area (Å²) in [6, 6.07) is 13.6. The first-order chi connectivity index (χ1) is 10.8. The van der Waals surface area contributed by atoms with Crippen LogP contribution in [0, 0.1) is 0 Å². The molecule has 0 aliphatic carbocycles. The van der Waals surface area contributed by atoms with E-state index in [2.05, 4.69) is 5.32 Å². The summed E-state index contributed by atoms with van der Waals surface area (Å²) in [7, 11) is 0. The predicted octanol–water partition coefficient (Wildman–Crippen LogP) is 3.94. The first-order valence-electron chi connectivity index (χ1n) is 6.87. The quantitative estimate of drug-likeness (QED) is 0.745. The number of rotatable bonds is 5. The lowest BCUT2D eigenvalue weighted by atomic mass is 10.1. The zero-order valence-corrected chi connectivity index (χ0v) is 13.4. The van der Waals surface area contributed by atoms with Crippen molar-refractivity contribution in [1.29, 1.82) is 0 Å². The average molecular weight is 329 g/mol. The van der Waals surface area contributed by atoms with E-state index in [0.717, 1.165) is 16.7 Å². The van der Waals surface area contributed by atoms with Crippen LogP contribution < -0.4 is 5.32 Å². The van der Waals surface area contributed by atoms with Gasteiger partial charge >= 0.3 is 0 Å². The van der Waals surface area contributed by atoms with Crippen molar-refractivity contribution in [3.63, 3.8) is 0 Å². The molecule has 3 aromatic rings. The second-order valence-electron chi connectivity index (χ2n) is 4.81. The predicted molar refractivity (Wildman–Crippen MR) is 91.4 cm³/mol. The van der Waals surface area contributed by atoms with Crippen molar-refractivity contribution in [2.45, 2.75) is 6.10 Å². The first-order valence-corrected chi connectivity index (χ1v) is 8.69. The van der Waals surface area contributed by atoms with Crippen LogP contribution in [-0.2, 0) is 0 Å². The van der Waals surface area contributed by atoms with E-state index < -0.39 is 6.10 Å². The molecule has 1 unspecified atom stereocenters. The number of benzene rings is 1. The van der Waals surface area contributed by atoms with Crippen molar-refractivity contribution in [2.75, 3.05) is 6.54 Å². The minimum Gasteiger partial charge on any atom is -0.387 e. The van der Waals surface area contributed by atoms with Crippen LogP contribution in [0.3, 0.4) is 0 Å². The van der Waals surface area contributed by atoms with Gasteiger partial charge in [0, 0.05) is 12.1 Å².